The molecule has 18 heavy (non-hydrogen) atoms. The first-order chi connectivity index (χ1) is 8.51. The predicted molar refractivity (Wildman–Crippen MR) is 66.1 cm³/mol. The molecule has 1 N–H and O–H groups in total. The molecule has 6 heteroatoms. The molecule has 1 aromatic carbocycles. The van der Waals surface area contributed by atoms with Gasteiger partial charge in [-0.1, -0.05) is 17.7 Å². The summed E-state index contributed by atoms with van der Waals surface area (Å²) in [6.45, 7) is 1.69. The van der Waals surface area contributed by atoms with Crippen molar-refractivity contribution >= 4 is 17.5 Å². The number of ether oxygens (including phenoxy) is 2. The van der Waals surface area contributed by atoms with Crippen molar-refractivity contribution in [1.29, 1.82) is 0 Å². The van der Waals surface area contributed by atoms with E-state index in [4.69, 9.17) is 21.1 Å². The number of nitrogens with one attached hydrogen (secondary N) is 1. The van der Waals surface area contributed by atoms with Gasteiger partial charge in [-0.05, 0) is 19.1 Å². The largest absolute Gasteiger partial charge is 0.354 e. The Kier molecular flexibility index (Phi) is 5.53. The molecule has 0 radical (unpaired) electrons. The van der Waals surface area contributed by atoms with Gasteiger partial charge in [0, 0.05) is 14.2 Å². The van der Waals surface area contributed by atoms with Crippen molar-refractivity contribution in [2.24, 2.45) is 0 Å². The molecule has 0 aliphatic heterocycles. The summed E-state index contributed by atoms with van der Waals surface area (Å²) in [5, 5.41) is 2.49. The van der Waals surface area contributed by atoms with Crippen molar-refractivity contribution in [2.75, 3.05) is 14.2 Å². The lowest BCUT2D eigenvalue weighted by atomic mass is 10.2. The minimum atomic E-state index is -0.741. The van der Waals surface area contributed by atoms with Gasteiger partial charge in [0.15, 0.2) is 12.1 Å². The van der Waals surface area contributed by atoms with Crippen LogP contribution in [0.25, 0.3) is 0 Å². The van der Waals surface area contributed by atoms with Gasteiger partial charge in [0.25, 0.3) is 5.91 Å². The molecule has 0 spiro atoms. The molecule has 1 unspecified atom stereocenters. The molecule has 0 bridgehead atoms. The molecule has 0 aromatic heterocycles. The van der Waals surface area contributed by atoms with Gasteiger partial charge < -0.3 is 14.8 Å². The number of hydrogen-bond donors (Lipinski definition) is 1. The van der Waals surface area contributed by atoms with Crippen LogP contribution in [0.2, 0.25) is 5.02 Å². The Labute approximate surface area is 110 Å². The van der Waals surface area contributed by atoms with Crippen LogP contribution in [0.5, 0.6) is 0 Å². The molecule has 0 aliphatic rings. The number of amides is 1. The summed E-state index contributed by atoms with van der Waals surface area (Å²) in [7, 11) is 2.91. The van der Waals surface area contributed by atoms with Crippen LogP contribution in [0.3, 0.4) is 0 Å². The van der Waals surface area contributed by atoms with Crippen LogP contribution in [-0.2, 0) is 9.47 Å². The molecule has 1 rings (SSSR count). The topological polar surface area (TPSA) is 47.6 Å². The van der Waals surface area contributed by atoms with E-state index in [0.717, 1.165) is 0 Å². The first-order valence-corrected chi connectivity index (χ1v) is 5.69. The van der Waals surface area contributed by atoms with Crippen LogP contribution in [0, 0.1) is 5.82 Å². The fraction of sp³-hybridized carbons (Fsp3) is 0.417. The molecule has 1 atom stereocenters. The summed E-state index contributed by atoms with van der Waals surface area (Å²) in [5.74, 6) is -1.31. The van der Waals surface area contributed by atoms with E-state index in [1.54, 1.807) is 6.92 Å². The van der Waals surface area contributed by atoms with E-state index in [-0.39, 0.29) is 10.6 Å². The lowest BCUT2D eigenvalue weighted by molar-refractivity contribution is -0.117. The molecule has 0 saturated heterocycles. The van der Waals surface area contributed by atoms with E-state index in [0.29, 0.717) is 0 Å². The third kappa shape index (κ3) is 3.41. The third-order valence-corrected chi connectivity index (χ3v) is 2.72. The molecule has 1 amide bonds. The summed E-state index contributed by atoms with van der Waals surface area (Å²) < 4.78 is 23.6. The van der Waals surface area contributed by atoms with Crippen molar-refractivity contribution in [2.45, 2.75) is 19.3 Å². The third-order valence-electron chi connectivity index (χ3n) is 2.43. The highest BCUT2D eigenvalue weighted by molar-refractivity contribution is 6.31. The Morgan fingerprint density at radius 3 is 2.56 bits per heavy atom. The average molecular weight is 276 g/mol. The van der Waals surface area contributed by atoms with Crippen LogP contribution in [0.1, 0.15) is 17.3 Å². The van der Waals surface area contributed by atoms with Gasteiger partial charge in [0.1, 0.15) is 0 Å². The molecule has 0 heterocycles. The van der Waals surface area contributed by atoms with E-state index >= 15 is 0 Å². The number of methoxy groups -OCH3 is 2. The number of halogens is 2. The Morgan fingerprint density at radius 2 is 2.00 bits per heavy atom. The maximum atomic E-state index is 13.6. The molecule has 100 valence electrons. The van der Waals surface area contributed by atoms with Gasteiger partial charge in [0.2, 0.25) is 0 Å². The summed E-state index contributed by atoms with van der Waals surface area (Å²) in [6, 6.07) is 3.82. The van der Waals surface area contributed by atoms with Gasteiger partial charge in [-0.25, -0.2) is 4.39 Å². The molecule has 1 aromatic rings. The van der Waals surface area contributed by atoms with Gasteiger partial charge in [-0.15, -0.1) is 0 Å². The molecule has 0 aliphatic carbocycles. The van der Waals surface area contributed by atoms with Crippen molar-refractivity contribution < 1.29 is 18.7 Å². The van der Waals surface area contributed by atoms with Crippen molar-refractivity contribution in [1.82, 2.24) is 5.32 Å². The second-order valence-electron chi connectivity index (χ2n) is 3.70. The lowest BCUT2D eigenvalue weighted by Crippen LogP contribution is -2.43. The van der Waals surface area contributed by atoms with E-state index in [2.05, 4.69) is 5.32 Å². The quantitative estimate of drug-likeness (QED) is 0.838. The van der Waals surface area contributed by atoms with E-state index in [1.165, 1.54) is 32.4 Å². The predicted octanol–water partition coefficient (Wildman–Crippen LogP) is 2.22. The second-order valence-corrected chi connectivity index (χ2v) is 4.11. The Morgan fingerprint density at radius 1 is 1.39 bits per heavy atom. The normalized spacial score (nSPS) is 12.6. The zero-order valence-corrected chi connectivity index (χ0v) is 11.1. The Bertz CT molecular complexity index is 424. The summed E-state index contributed by atoms with van der Waals surface area (Å²) >= 11 is 5.61. The second kappa shape index (κ2) is 6.68. The van der Waals surface area contributed by atoms with E-state index in [1.807, 2.05) is 0 Å². The summed E-state index contributed by atoms with van der Waals surface area (Å²) in [6.07, 6.45) is -0.601. The average Bonchev–Trinajstić information content (AvgIpc) is 2.34. The molecule has 4 nitrogen and oxygen atoms in total. The fourth-order valence-corrected chi connectivity index (χ4v) is 1.71. The number of carbonyl (C=O) groups excluding carboxylic acids is 1. The van der Waals surface area contributed by atoms with Crippen molar-refractivity contribution in [3.05, 3.63) is 34.6 Å². The zero-order chi connectivity index (χ0) is 13.7. The zero-order valence-electron chi connectivity index (χ0n) is 10.4. The Hall–Kier alpha value is -1.17. The number of carbonyl (C=O) groups is 1. The number of benzene rings is 1. The van der Waals surface area contributed by atoms with Gasteiger partial charge in [-0.3, -0.25) is 4.79 Å². The molecule has 0 fully saturated rings. The fourth-order valence-electron chi connectivity index (χ4n) is 1.54. The van der Waals surface area contributed by atoms with Crippen LogP contribution in [0.4, 0.5) is 4.39 Å². The van der Waals surface area contributed by atoms with Crippen LogP contribution >= 0.6 is 11.6 Å². The number of rotatable bonds is 5. The van der Waals surface area contributed by atoms with Gasteiger partial charge in [-0.2, -0.15) is 0 Å². The Balaban J connectivity index is 2.79. The first-order valence-electron chi connectivity index (χ1n) is 5.31. The highest BCUT2D eigenvalue weighted by atomic mass is 35.5. The smallest absolute Gasteiger partial charge is 0.254 e. The minimum Gasteiger partial charge on any atom is -0.354 e. The summed E-state index contributed by atoms with van der Waals surface area (Å²) in [5.41, 5.74) is -0.111. The van der Waals surface area contributed by atoms with E-state index < -0.39 is 24.1 Å². The highest BCUT2D eigenvalue weighted by Gasteiger charge is 2.21. The van der Waals surface area contributed by atoms with Crippen LogP contribution in [-0.4, -0.2) is 32.5 Å². The highest BCUT2D eigenvalue weighted by Crippen LogP contribution is 2.17. The van der Waals surface area contributed by atoms with Crippen LogP contribution in [0.15, 0.2) is 18.2 Å². The molecular weight excluding hydrogens is 261 g/mol. The number of hydrogen-bond acceptors (Lipinski definition) is 3. The first kappa shape index (κ1) is 14.9. The standard InChI is InChI=1S/C12H15ClFNO3/c1-7(12(17-2)18-3)15-11(16)8-5-4-6-9(13)10(8)14/h4-7,12H,1-3H3,(H,15,16). The SMILES string of the molecule is COC(OC)C(C)NC(=O)c1cccc(Cl)c1F. The molecular formula is C12H15ClFNO3. The van der Waals surface area contributed by atoms with E-state index in [9.17, 15) is 9.18 Å². The minimum absolute atomic E-state index is 0.0923. The molecule has 0 saturated carbocycles. The van der Waals surface area contributed by atoms with Gasteiger partial charge >= 0.3 is 0 Å². The van der Waals surface area contributed by atoms with Crippen molar-refractivity contribution in [3.8, 4) is 0 Å². The summed E-state index contributed by atoms with van der Waals surface area (Å²) in [4.78, 5) is 11.8. The lowest BCUT2D eigenvalue weighted by Gasteiger charge is -2.22. The van der Waals surface area contributed by atoms with Crippen molar-refractivity contribution in [3.63, 3.8) is 0 Å². The van der Waals surface area contributed by atoms with Gasteiger partial charge in [0.05, 0.1) is 16.6 Å². The van der Waals surface area contributed by atoms with Crippen LogP contribution < -0.4 is 5.32 Å². The monoisotopic (exact) mass is 275 g/mol. The maximum absolute atomic E-state index is 13.6. The maximum Gasteiger partial charge on any atom is 0.254 e.